The van der Waals surface area contributed by atoms with E-state index in [0.717, 1.165) is 0 Å². The molecule has 1 aromatic heterocycles. The monoisotopic (exact) mass is 282 g/mol. The molecule has 0 spiro atoms. The van der Waals surface area contributed by atoms with Gasteiger partial charge in [0.05, 0.1) is 24.8 Å². The molecule has 0 bridgehead atoms. The maximum Gasteiger partial charge on any atom is 0.258 e. The van der Waals surface area contributed by atoms with Crippen molar-refractivity contribution in [2.45, 2.75) is 6.10 Å². The predicted octanol–water partition coefficient (Wildman–Crippen LogP) is 2.18. The normalized spacial score (nSPS) is 19.5. The summed E-state index contributed by atoms with van der Waals surface area (Å²) in [7, 11) is 0. The van der Waals surface area contributed by atoms with Gasteiger partial charge in [0.1, 0.15) is 11.9 Å². The maximum absolute atomic E-state index is 9.36. The molecular weight excluding hydrogens is 272 g/mol. The third kappa shape index (κ3) is 2.56. The molecule has 6 nitrogen and oxygen atoms in total. The lowest BCUT2D eigenvalue weighted by atomic mass is 10.2. The van der Waals surface area contributed by atoms with E-state index in [1.54, 1.807) is 12.1 Å². The summed E-state index contributed by atoms with van der Waals surface area (Å²) in [6.07, 6.45) is -0.307. The Morgan fingerprint density at radius 1 is 1.32 bits per heavy atom. The van der Waals surface area contributed by atoms with Crippen LogP contribution in [-0.2, 0) is 9.47 Å². The van der Waals surface area contributed by atoms with Crippen LogP contribution in [0.2, 0.25) is 5.02 Å². The van der Waals surface area contributed by atoms with E-state index in [2.05, 4.69) is 10.1 Å². The Balaban J connectivity index is 1.85. The summed E-state index contributed by atoms with van der Waals surface area (Å²) in [6, 6.07) is 4.69. The molecule has 0 aliphatic carbocycles. The molecule has 1 aliphatic rings. The van der Waals surface area contributed by atoms with E-state index in [4.69, 9.17) is 25.6 Å². The Morgan fingerprint density at radius 2 is 2.21 bits per heavy atom. The molecule has 100 valence electrons. The lowest BCUT2D eigenvalue weighted by Gasteiger charge is -2.19. The molecule has 19 heavy (non-hydrogen) atoms. The van der Waals surface area contributed by atoms with Gasteiger partial charge < -0.3 is 19.1 Å². The van der Waals surface area contributed by atoms with Crippen LogP contribution in [0.3, 0.4) is 0 Å². The molecule has 1 N–H and O–H groups in total. The minimum absolute atomic E-state index is 0.00849. The minimum Gasteiger partial charge on any atom is -0.506 e. The number of hydrogen-bond donors (Lipinski definition) is 1. The zero-order valence-corrected chi connectivity index (χ0v) is 10.6. The third-order valence-electron chi connectivity index (χ3n) is 2.74. The van der Waals surface area contributed by atoms with Crippen LogP contribution in [0.15, 0.2) is 22.7 Å². The van der Waals surface area contributed by atoms with Crippen molar-refractivity contribution < 1.29 is 19.1 Å². The molecule has 2 aromatic rings. The van der Waals surface area contributed by atoms with E-state index in [1.807, 2.05) is 0 Å². The highest BCUT2D eigenvalue weighted by atomic mass is 35.5. The maximum atomic E-state index is 9.36. The summed E-state index contributed by atoms with van der Waals surface area (Å²) >= 11 is 5.83. The largest absolute Gasteiger partial charge is 0.506 e. The van der Waals surface area contributed by atoms with Crippen molar-refractivity contribution >= 4 is 11.6 Å². The molecule has 1 aliphatic heterocycles. The van der Waals surface area contributed by atoms with Gasteiger partial charge in [-0.3, -0.25) is 0 Å². The van der Waals surface area contributed by atoms with Crippen molar-refractivity contribution in [2.24, 2.45) is 0 Å². The summed E-state index contributed by atoms with van der Waals surface area (Å²) < 4.78 is 15.9. The van der Waals surface area contributed by atoms with Gasteiger partial charge >= 0.3 is 0 Å². The number of aromatic hydroxyl groups is 1. The number of halogens is 1. The van der Waals surface area contributed by atoms with Crippen LogP contribution in [0.25, 0.3) is 11.5 Å². The molecule has 1 unspecified atom stereocenters. The van der Waals surface area contributed by atoms with Crippen LogP contribution < -0.4 is 0 Å². The second kappa shape index (κ2) is 5.16. The number of nitrogens with zero attached hydrogens (tertiary/aromatic N) is 2. The van der Waals surface area contributed by atoms with Crippen LogP contribution in [0, 0.1) is 0 Å². The van der Waals surface area contributed by atoms with Gasteiger partial charge in [0.25, 0.3) is 5.89 Å². The summed E-state index contributed by atoms with van der Waals surface area (Å²) in [6.45, 7) is 1.50. The lowest BCUT2D eigenvalue weighted by molar-refractivity contribution is -0.0941. The Hall–Kier alpha value is -1.63. The van der Waals surface area contributed by atoms with Gasteiger partial charge in [0.15, 0.2) is 0 Å². The van der Waals surface area contributed by atoms with Gasteiger partial charge in [-0.25, -0.2) is 0 Å². The fourth-order valence-electron chi connectivity index (χ4n) is 1.76. The zero-order valence-electron chi connectivity index (χ0n) is 9.88. The van der Waals surface area contributed by atoms with Gasteiger partial charge in [-0.2, -0.15) is 4.98 Å². The van der Waals surface area contributed by atoms with Crippen LogP contribution in [-0.4, -0.2) is 35.1 Å². The number of hydrogen-bond acceptors (Lipinski definition) is 6. The molecule has 0 amide bonds. The molecule has 3 rings (SSSR count). The average molecular weight is 283 g/mol. The van der Waals surface area contributed by atoms with E-state index in [1.165, 1.54) is 6.07 Å². The van der Waals surface area contributed by atoms with Crippen LogP contribution in [0.1, 0.15) is 11.9 Å². The van der Waals surface area contributed by atoms with E-state index in [9.17, 15) is 5.11 Å². The molecular formula is C12H11ClN2O4. The van der Waals surface area contributed by atoms with E-state index < -0.39 is 0 Å². The van der Waals surface area contributed by atoms with Crippen molar-refractivity contribution in [3.05, 3.63) is 29.0 Å². The zero-order chi connectivity index (χ0) is 13.2. The summed E-state index contributed by atoms with van der Waals surface area (Å²) in [5.41, 5.74) is 0.637. The van der Waals surface area contributed by atoms with E-state index in [0.29, 0.717) is 37.1 Å². The number of phenols is 1. The van der Waals surface area contributed by atoms with Crippen molar-refractivity contribution in [1.82, 2.24) is 10.1 Å². The fourth-order valence-corrected chi connectivity index (χ4v) is 1.94. The molecule has 2 heterocycles. The average Bonchev–Trinajstić information content (AvgIpc) is 2.93. The summed E-state index contributed by atoms with van der Waals surface area (Å²) in [5, 5.41) is 13.5. The van der Waals surface area contributed by atoms with Crippen LogP contribution >= 0.6 is 11.6 Å². The van der Waals surface area contributed by atoms with Gasteiger partial charge in [-0.1, -0.05) is 16.8 Å². The third-order valence-corrected chi connectivity index (χ3v) is 3.04. The second-order valence-corrected chi connectivity index (χ2v) is 4.47. The van der Waals surface area contributed by atoms with E-state index in [-0.39, 0.29) is 16.9 Å². The first-order valence-electron chi connectivity index (χ1n) is 5.76. The van der Waals surface area contributed by atoms with Gasteiger partial charge in [-0.05, 0) is 18.2 Å². The molecule has 1 saturated heterocycles. The van der Waals surface area contributed by atoms with Crippen molar-refractivity contribution in [1.29, 1.82) is 0 Å². The SMILES string of the molecule is Oc1ccc(-c2nc(C3COCCO3)no2)cc1Cl. The van der Waals surface area contributed by atoms with Gasteiger partial charge in [0, 0.05) is 5.56 Å². The Bertz CT molecular complexity index is 581. The molecule has 0 radical (unpaired) electrons. The smallest absolute Gasteiger partial charge is 0.258 e. The molecule has 1 atom stereocenters. The number of benzene rings is 1. The second-order valence-electron chi connectivity index (χ2n) is 4.06. The Labute approximate surface area is 113 Å². The standard InChI is InChI=1S/C12H11ClN2O4/c13-8-5-7(1-2-9(8)16)12-14-11(15-19-12)10-6-17-3-4-18-10/h1-2,5,10,16H,3-4,6H2. The van der Waals surface area contributed by atoms with E-state index >= 15 is 0 Å². The van der Waals surface area contributed by atoms with Crippen molar-refractivity contribution in [3.63, 3.8) is 0 Å². The number of aromatic nitrogens is 2. The molecule has 1 fully saturated rings. The fraction of sp³-hybridized carbons (Fsp3) is 0.333. The number of phenolic OH excluding ortho intramolecular Hbond substituents is 1. The molecule has 1 aromatic carbocycles. The van der Waals surface area contributed by atoms with Crippen molar-refractivity contribution in [3.8, 4) is 17.2 Å². The first-order valence-corrected chi connectivity index (χ1v) is 6.13. The highest BCUT2D eigenvalue weighted by molar-refractivity contribution is 6.32. The van der Waals surface area contributed by atoms with Crippen LogP contribution in [0.5, 0.6) is 5.75 Å². The Morgan fingerprint density at radius 3 is 2.95 bits per heavy atom. The first-order chi connectivity index (χ1) is 9.24. The summed E-state index contributed by atoms with van der Waals surface area (Å²) in [5.74, 6) is 0.777. The minimum atomic E-state index is -0.307. The predicted molar refractivity (Wildman–Crippen MR) is 65.9 cm³/mol. The van der Waals surface area contributed by atoms with Gasteiger partial charge in [0.2, 0.25) is 5.82 Å². The number of ether oxygens (including phenoxy) is 2. The molecule has 0 saturated carbocycles. The highest BCUT2D eigenvalue weighted by Crippen LogP contribution is 2.29. The first kappa shape index (κ1) is 12.4. The van der Waals surface area contributed by atoms with Crippen molar-refractivity contribution in [2.75, 3.05) is 19.8 Å². The summed E-state index contributed by atoms with van der Waals surface area (Å²) in [4.78, 5) is 4.25. The van der Waals surface area contributed by atoms with Gasteiger partial charge in [-0.15, -0.1) is 0 Å². The molecule has 7 heteroatoms. The number of rotatable bonds is 2. The highest BCUT2D eigenvalue weighted by Gasteiger charge is 2.22. The van der Waals surface area contributed by atoms with Crippen LogP contribution in [0.4, 0.5) is 0 Å². The quantitative estimate of drug-likeness (QED) is 0.910. The Kier molecular flexibility index (Phi) is 3.37. The topological polar surface area (TPSA) is 77.6 Å². The lowest BCUT2D eigenvalue weighted by Crippen LogP contribution is -2.22.